The molecule has 3 aromatic heterocycles. The Kier molecular flexibility index (Phi) is 4.79. The van der Waals surface area contributed by atoms with Crippen molar-refractivity contribution in [3.63, 3.8) is 0 Å². The number of carbonyl (C=O) groups is 1. The highest BCUT2D eigenvalue weighted by Gasteiger charge is 2.25. The predicted octanol–water partition coefficient (Wildman–Crippen LogP) is 2.25. The van der Waals surface area contributed by atoms with Gasteiger partial charge in [0.2, 0.25) is 0 Å². The standard InChI is InChI=1S/C19H21N5O2/c25-19(18-2-1-11-26-18)21-9-5-16-13-23(12-15-3-7-20-8-4-15)14-17-6-10-22-24(16)17/h1-4,6-8,10-11,16H,5,9,12-14H2,(H,21,25). The fourth-order valence-electron chi connectivity index (χ4n) is 3.39. The lowest BCUT2D eigenvalue weighted by Crippen LogP contribution is -2.38. The van der Waals surface area contributed by atoms with E-state index >= 15 is 0 Å². The van der Waals surface area contributed by atoms with Crippen LogP contribution in [0.4, 0.5) is 0 Å². The molecule has 134 valence electrons. The van der Waals surface area contributed by atoms with Gasteiger partial charge in [0.25, 0.3) is 5.91 Å². The van der Waals surface area contributed by atoms with Gasteiger partial charge in [-0.2, -0.15) is 5.10 Å². The van der Waals surface area contributed by atoms with Crippen molar-refractivity contribution in [1.82, 2.24) is 25.0 Å². The molecule has 1 unspecified atom stereocenters. The summed E-state index contributed by atoms with van der Waals surface area (Å²) in [7, 11) is 0. The van der Waals surface area contributed by atoms with E-state index in [1.54, 1.807) is 12.1 Å². The number of nitrogens with zero attached hydrogens (tertiary/aromatic N) is 4. The minimum Gasteiger partial charge on any atom is -0.459 e. The van der Waals surface area contributed by atoms with Crippen molar-refractivity contribution in [2.75, 3.05) is 13.1 Å². The van der Waals surface area contributed by atoms with Crippen molar-refractivity contribution in [3.05, 3.63) is 72.2 Å². The largest absolute Gasteiger partial charge is 0.459 e. The summed E-state index contributed by atoms with van der Waals surface area (Å²) in [6, 6.07) is 9.76. The summed E-state index contributed by atoms with van der Waals surface area (Å²) in [5, 5.41) is 7.40. The second kappa shape index (κ2) is 7.53. The van der Waals surface area contributed by atoms with Crippen LogP contribution in [0.15, 0.2) is 59.6 Å². The number of fused-ring (bicyclic) bond motifs is 1. The fraction of sp³-hybridized carbons (Fsp3) is 0.316. The van der Waals surface area contributed by atoms with Crippen molar-refractivity contribution in [1.29, 1.82) is 0 Å². The van der Waals surface area contributed by atoms with Gasteiger partial charge in [0.05, 0.1) is 18.0 Å². The van der Waals surface area contributed by atoms with Gasteiger partial charge in [0.15, 0.2) is 5.76 Å². The predicted molar refractivity (Wildman–Crippen MR) is 95.3 cm³/mol. The van der Waals surface area contributed by atoms with Crippen molar-refractivity contribution in [2.45, 2.75) is 25.6 Å². The molecule has 26 heavy (non-hydrogen) atoms. The highest BCUT2D eigenvalue weighted by atomic mass is 16.3. The van der Waals surface area contributed by atoms with E-state index in [2.05, 4.69) is 31.0 Å². The highest BCUT2D eigenvalue weighted by molar-refractivity contribution is 5.91. The van der Waals surface area contributed by atoms with Crippen LogP contribution in [0.5, 0.6) is 0 Å². The number of nitrogens with one attached hydrogen (secondary N) is 1. The maximum absolute atomic E-state index is 12.0. The molecule has 7 nitrogen and oxygen atoms in total. The van der Waals surface area contributed by atoms with E-state index in [-0.39, 0.29) is 11.9 Å². The highest BCUT2D eigenvalue weighted by Crippen LogP contribution is 2.24. The first-order valence-corrected chi connectivity index (χ1v) is 8.75. The van der Waals surface area contributed by atoms with Crippen molar-refractivity contribution >= 4 is 5.91 Å². The Morgan fingerprint density at radius 1 is 1.23 bits per heavy atom. The van der Waals surface area contributed by atoms with Crippen molar-refractivity contribution < 1.29 is 9.21 Å². The van der Waals surface area contributed by atoms with Crippen LogP contribution in [0.1, 0.15) is 34.3 Å². The summed E-state index contributed by atoms with van der Waals surface area (Å²) in [6.45, 7) is 3.22. The molecule has 3 aromatic rings. The van der Waals surface area contributed by atoms with Gasteiger partial charge in [-0.05, 0) is 42.3 Å². The van der Waals surface area contributed by atoms with Crippen LogP contribution in [0.2, 0.25) is 0 Å². The molecule has 4 heterocycles. The third-order valence-corrected chi connectivity index (χ3v) is 4.62. The Bertz CT molecular complexity index is 844. The maximum atomic E-state index is 12.0. The summed E-state index contributed by atoms with van der Waals surface area (Å²) >= 11 is 0. The van der Waals surface area contributed by atoms with Crippen LogP contribution >= 0.6 is 0 Å². The van der Waals surface area contributed by atoms with Gasteiger partial charge in [0.1, 0.15) is 0 Å². The molecule has 0 spiro atoms. The number of rotatable bonds is 6. The molecule has 0 saturated carbocycles. The summed E-state index contributed by atoms with van der Waals surface area (Å²) in [5.41, 5.74) is 2.45. The van der Waals surface area contributed by atoms with Gasteiger partial charge in [-0.3, -0.25) is 19.4 Å². The van der Waals surface area contributed by atoms with Crippen molar-refractivity contribution in [3.8, 4) is 0 Å². The first-order chi connectivity index (χ1) is 12.8. The second-order valence-electron chi connectivity index (χ2n) is 6.47. The normalized spacial score (nSPS) is 17.0. The van der Waals surface area contributed by atoms with E-state index in [1.807, 2.05) is 30.7 Å². The Labute approximate surface area is 151 Å². The lowest BCUT2D eigenvalue weighted by atomic mass is 10.1. The van der Waals surface area contributed by atoms with Gasteiger partial charge in [-0.1, -0.05) is 0 Å². The van der Waals surface area contributed by atoms with Gasteiger partial charge in [0, 0.05) is 44.8 Å². The van der Waals surface area contributed by atoms with Crippen LogP contribution in [0.3, 0.4) is 0 Å². The lowest BCUT2D eigenvalue weighted by Gasteiger charge is -2.34. The third kappa shape index (κ3) is 3.67. The molecule has 1 N–H and O–H groups in total. The smallest absolute Gasteiger partial charge is 0.286 e. The molecule has 0 saturated heterocycles. The Morgan fingerprint density at radius 3 is 2.92 bits per heavy atom. The number of hydrogen-bond acceptors (Lipinski definition) is 5. The molecule has 0 aromatic carbocycles. The van der Waals surface area contributed by atoms with E-state index in [0.717, 1.165) is 26.1 Å². The molecule has 1 aliphatic heterocycles. The number of aromatic nitrogens is 3. The minimum atomic E-state index is -0.180. The lowest BCUT2D eigenvalue weighted by molar-refractivity contribution is 0.0919. The molecule has 1 aliphatic rings. The average Bonchev–Trinajstić information content (AvgIpc) is 3.34. The monoisotopic (exact) mass is 351 g/mol. The number of furan rings is 1. The summed E-state index contributed by atoms with van der Waals surface area (Å²) in [6.07, 6.45) is 7.81. The van der Waals surface area contributed by atoms with Crippen LogP contribution in [-0.4, -0.2) is 38.7 Å². The molecule has 7 heteroatoms. The van der Waals surface area contributed by atoms with Crippen LogP contribution in [0, 0.1) is 0 Å². The molecule has 4 rings (SSSR count). The third-order valence-electron chi connectivity index (χ3n) is 4.62. The molecular formula is C19H21N5O2. The van der Waals surface area contributed by atoms with E-state index < -0.39 is 0 Å². The quantitative estimate of drug-likeness (QED) is 0.737. The van der Waals surface area contributed by atoms with Crippen LogP contribution in [0.25, 0.3) is 0 Å². The molecule has 0 fully saturated rings. The number of pyridine rings is 1. The van der Waals surface area contributed by atoms with Gasteiger partial charge in [-0.25, -0.2) is 0 Å². The molecule has 0 bridgehead atoms. The zero-order chi connectivity index (χ0) is 17.8. The van der Waals surface area contributed by atoms with E-state index in [0.29, 0.717) is 12.3 Å². The maximum Gasteiger partial charge on any atom is 0.286 e. The topological polar surface area (TPSA) is 76.2 Å². The second-order valence-corrected chi connectivity index (χ2v) is 6.47. The van der Waals surface area contributed by atoms with E-state index in [4.69, 9.17) is 4.42 Å². The van der Waals surface area contributed by atoms with Gasteiger partial charge >= 0.3 is 0 Å². The first-order valence-electron chi connectivity index (χ1n) is 8.75. The summed E-state index contributed by atoms with van der Waals surface area (Å²) < 4.78 is 7.21. The van der Waals surface area contributed by atoms with E-state index in [1.165, 1.54) is 17.5 Å². The number of amides is 1. The van der Waals surface area contributed by atoms with Crippen LogP contribution in [-0.2, 0) is 13.1 Å². The Hall–Kier alpha value is -2.93. The number of carbonyl (C=O) groups excluding carboxylic acids is 1. The van der Waals surface area contributed by atoms with Crippen molar-refractivity contribution in [2.24, 2.45) is 0 Å². The summed E-state index contributed by atoms with van der Waals surface area (Å²) in [4.78, 5) is 18.5. The van der Waals surface area contributed by atoms with E-state index in [9.17, 15) is 4.79 Å². The van der Waals surface area contributed by atoms with Crippen LogP contribution < -0.4 is 5.32 Å². The molecule has 1 atom stereocenters. The molecular weight excluding hydrogens is 330 g/mol. The first kappa shape index (κ1) is 16.5. The zero-order valence-corrected chi connectivity index (χ0v) is 14.4. The SMILES string of the molecule is O=C(NCCC1CN(Cc2ccncc2)Cc2ccnn21)c1ccco1. The molecule has 0 radical (unpaired) electrons. The Morgan fingerprint density at radius 2 is 2.12 bits per heavy atom. The Balaban J connectivity index is 1.38. The fourth-order valence-corrected chi connectivity index (χ4v) is 3.39. The van der Waals surface area contributed by atoms with Gasteiger partial charge < -0.3 is 9.73 Å². The average molecular weight is 351 g/mol. The number of hydrogen-bond donors (Lipinski definition) is 1. The summed E-state index contributed by atoms with van der Waals surface area (Å²) in [5.74, 6) is 0.160. The molecule has 1 amide bonds. The minimum absolute atomic E-state index is 0.180. The van der Waals surface area contributed by atoms with Gasteiger partial charge in [-0.15, -0.1) is 0 Å². The zero-order valence-electron chi connectivity index (χ0n) is 14.4. The molecule has 0 aliphatic carbocycles.